The van der Waals surface area contributed by atoms with Crippen LogP contribution in [0.1, 0.15) is 64.5 Å². The number of ether oxygens (including phenoxy) is 1. The lowest BCUT2D eigenvalue weighted by atomic mass is 10.1. The third kappa shape index (κ3) is 5.86. The zero-order valence-corrected chi connectivity index (χ0v) is 17.4. The van der Waals surface area contributed by atoms with Gasteiger partial charge in [0.05, 0.1) is 19.4 Å². The van der Waals surface area contributed by atoms with E-state index in [0.717, 1.165) is 30.0 Å². The molecule has 0 aliphatic carbocycles. The van der Waals surface area contributed by atoms with Gasteiger partial charge in [-0.2, -0.15) is 4.39 Å². The lowest BCUT2D eigenvalue weighted by molar-refractivity contribution is -0.0724. The second kappa shape index (κ2) is 10.1. The normalized spacial score (nSPS) is 29.1. The Balaban J connectivity index is 1.47. The van der Waals surface area contributed by atoms with Gasteiger partial charge in [0.2, 0.25) is 5.82 Å². The second-order valence-corrected chi connectivity index (χ2v) is 8.97. The van der Waals surface area contributed by atoms with Crippen LogP contribution in [0.15, 0.2) is 15.8 Å². The first-order valence-electron chi connectivity index (χ1n) is 10.2. The fraction of sp³-hybridized carbons (Fsp3) is 0.778. The van der Waals surface area contributed by atoms with Gasteiger partial charge in [-0.1, -0.05) is 45.4 Å². The molecule has 1 N–H and O–H groups in total. The molecule has 2 aliphatic rings. The highest BCUT2D eigenvalue weighted by atomic mass is 31.2. The van der Waals surface area contributed by atoms with Crippen LogP contribution >= 0.6 is 7.82 Å². The first kappa shape index (κ1) is 22.4. The Morgan fingerprint density at radius 2 is 1.93 bits per heavy atom. The van der Waals surface area contributed by atoms with Crippen molar-refractivity contribution in [1.82, 2.24) is 9.55 Å². The van der Waals surface area contributed by atoms with Crippen LogP contribution < -0.4 is 11.2 Å². The second-order valence-electron chi connectivity index (χ2n) is 7.35. The van der Waals surface area contributed by atoms with Crippen molar-refractivity contribution in [1.29, 1.82) is 0 Å². The smallest absolute Gasteiger partial charge is 0.349 e. The van der Waals surface area contributed by atoms with Crippen LogP contribution in [0.2, 0.25) is 0 Å². The van der Waals surface area contributed by atoms with Gasteiger partial charge in [0.1, 0.15) is 18.4 Å². The SMILES string of the molecule is CCCCCCCCCOP1(=O)OC[C@H]2O[C@@H](n3cc(F)c(=O)[nH]c3=O)C[C@@H]2O1. The lowest BCUT2D eigenvalue weighted by Crippen LogP contribution is -2.34. The molecule has 0 aromatic carbocycles. The predicted octanol–water partition coefficient (Wildman–Crippen LogP) is 3.25. The minimum atomic E-state index is -3.70. The summed E-state index contributed by atoms with van der Waals surface area (Å²) in [4.78, 5) is 25.0. The average Bonchev–Trinajstić information content (AvgIpc) is 3.09. The molecule has 1 aromatic heterocycles. The Bertz CT molecular complexity index is 842. The number of hydrogen-bond acceptors (Lipinski definition) is 7. The number of hydrogen-bond donors (Lipinski definition) is 1. The van der Waals surface area contributed by atoms with Gasteiger partial charge in [0, 0.05) is 6.42 Å². The molecule has 4 atom stereocenters. The molecule has 2 saturated heterocycles. The van der Waals surface area contributed by atoms with Gasteiger partial charge < -0.3 is 4.74 Å². The monoisotopic (exact) mass is 434 g/mol. The molecule has 11 heteroatoms. The summed E-state index contributed by atoms with van der Waals surface area (Å²) in [6.45, 7) is 2.43. The van der Waals surface area contributed by atoms with E-state index in [1.807, 2.05) is 4.98 Å². The molecule has 29 heavy (non-hydrogen) atoms. The van der Waals surface area contributed by atoms with Gasteiger partial charge in [-0.25, -0.2) is 9.36 Å². The summed E-state index contributed by atoms with van der Waals surface area (Å²) >= 11 is 0. The van der Waals surface area contributed by atoms with Crippen LogP contribution in [-0.2, 0) is 22.9 Å². The summed E-state index contributed by atoms with van der Waals surface area (Å²) in [5.74, 6) is -1.09. The molecule has 2 fully saturated rings. The van der Waals surface area contributed by atoms with E-state index in [1.54, 1.807) is 0 Å². The van der Waals surface area contributed by atoms with E-state index in [0.29, 0.717) is 0 Å². The van der Waals surface area contributed by atoms with Crippen molar-refractivity contribution in [3.63, 3.8) is 0 Å². The van der Waals surface area contributed by atoms with Crippen LogP contribution in [-0.4, -0.2) is 35.0 Å². The summed E-state index contributed by atoms with van der Waals surface area (Å²) in [6.07, 6.45) is 6.65. The zero-order valence-electron chi connectivity index (χ0n) is 16.5. The Morgan fingerprint density at radius 3 is 2.69 bits per heavy atom. The number of nitrogens with one attached hydrogen (secondary N) is 1. The van der Waals surface area contributed by atoms with Crippen molar-refractivity contribution in [3.8, 4) is 0 Å². The summed E-state index contributed by atoms with van der Waals surface area (Å²) in [6, 6.07) is 0. The largest absolute Gasteiger partial charge is 0.475 e. The molecule has 0 spiro atoms. The molecular formula is C18H28FN2O7P. The van der Waals surface area contributed by atoms with Gasteiger partial charge in [0.15, 0.2) is 0 Å². The standard InChI is InChI=1S/C18H28FN2O7P/c1-2-3-4-5-6-7-8-9-25-29(24)26-12-15-14(28-29)10-16(27-15)21-11-13(19)17(22)20-18(21)23/h11,14-16H,2-10,12H2,1H3,(H,20,22,23)/t14-,15+,16+,29?/m0/s1. The van der Waals surface area contributed by atoms with E-state index in [1.165, 1.54) is 25.7 Å². The third-order valence-corrected chi connectivity index (χ3v) is 6.57. The first-order valence-corrected chi connectivity index (χ1v) is 11.6. The maximum atomic E-state index is 13.5. The van der Waals surface area contributed by atoms with Gasteiger partial charge >= 0.3 is 13.5 Å². The number of aromatic amines is 1. The van der Waals surface area contributed by atoms with Crippen LogP contribution in [0.3, 0.4) is 0 Å². The highest BCUT2D eigenvalue weighted by Gasteiger charge is 2.48. The van der Waals surface area contributed by atoms with E-state index in [-0.39, 0.29) is 19.6 Å². The van der Waals surface area contributed by atoms with Crippen LogP contribution in [0.4, 0.5) is 4.39 Å². The van der Waals surface area contributed by atoms with Crippen LogP contribution in [0.5, 0.6) is 0 Å². The maximum Gasteiger partial charge on any atom is 0.475 e. The molecule has 2 aliphatic heterocycles. The molecule has 3 rings (SSSR count). The Hall–Kier alpha value is -1.32. The average molecular weight is 434 g/mol. The number of rotatable bonds is 10. The molecule has 9 nitrogen and oxygen atoms in total. The topological polar surface area (TPSA) is 109 Å². The minimum Gasteiger partial charge on any atom is -0.349 e. The van der Waals surface area contributed by atoms with Crippen molar-refractivity contribution >= 4 is 7.82 Å². The number of unbranched alkanes of at least 4 members (excludes halogenated alkanes) is 6. The number of fused-ring (bicyclic) bond motifs is 1. The molecule has 0 radical (unpaired) electrons. The summed E-state index contributed by atoms with van der Waals surface area (Å²) < 4.78 is 48.9. The molecule has 1 aromatic rings. The molecule has 164 valence electrons. The van der Waals surface area contributed by atoms with Crippen LogP contribution in [0, 0.1) is 5.82 Å². The summed E-state index contributed by atoms with van der Waals surface area (Å²) in [7, 11) is -3.70. The third-order valence-electron chi connectivity index (χ3n) is 5.07. The number of nitrogens with zero attached hydrogens (tertiary/aromatic N) is 1. The van der Waals surface area contributed by atoms with E-state index in [2.05, 4.69) is 6.92 Å². The van der Waals surface area contributed by atoms with Crippen molar-refractivity contribution in [3.05, 3.63) is 32.9 Å². The van der Waals surface area contributed by atoms with Gasteiger partial charge in [0.25, 0.3) is 5.56 Å². The van der Waals surface area contributed by atoms with Crippen LogP contribution in [0.25, 0.3) is 0 Å². The maximum absolute atomic E-state index is 13.5. The number of H-pyrrole nitrogens is 1. The molecular weight excluding hydrogens is 406 g/mol. The van der Waals surface area contributed by atoms with E-state index in [9.17, 15) is 18.5 Å². The first-order chi connectivity index (χ1) is 13.9. The molecule has 3 heterocycles. The number of phosphoric acid groups is 1. The Morgan fingerprint density at radius 1 is 1.21 bits per heavy atom. The quantitative estimate of drug-likeness (QED) is 0.445. The predicted molar refractivity (Wildman–Crippen MR) is 102 cm³/mol. The lowest BCUT2D eigenvalue weighted by Gasteiger charge is -2.29. The van der Waals surface area contributed by atoms with Crippen molar-refractivity contribution < 1.29 is 27.3 Å². The number of phosphoric ester groups is 1. The van der Waals surface area contributed by atoms with Gasteiger partial charge in [-0.05, 0) is 6.42 Å². The highest BCUT2D eigenvalue weighted by molar-refractivity contribution is 7.48. The molecule has 1 unspecified atom stereocenters. The Kier molecular flexibility index (Phi) is 7.81. The van der Waals surface area contributed by atoms with Crippen molar-refractivity contribution in [2.75, 3.05) is 13.2 Å². The fourth-order valence-corrected chi connectivity index (χ4v) is 4.90. The molecule has 0 saturated carbocycles. The fourth-order valence-electron chi connectivity index (χ4n) is 3.47. The van der Waals surface area contributed by atoms with E-state index >= 15 is 0 Å². The highest BCUT2D eigenvalue weighted by Crippen LogP contribution is 2.56. The van der Waals surface area contributed by atoms with Crippen molar-refractivity contribution in [2.24, 2.45) is 0 Å². The molecule has 0 amide bonds. The number of halogens is 1. The molecule has 0 bridgehead atoms. The van der Waals surface area contributed by atoms with Gasteiger partial charge in [-0.3, -0.25) is 27.9 Å². The number of aromatic nitrogens is 2. The van der Waals surface area contributed by atoms with E-state index in [4.69, 9.17) is 18.3 Å². The summed E-state index contributed by atoms with van der Waals surface area (Å²) in [5, 5.41) is 0. The zero-order chi connectivity index (χ0) is 20.9. The minimum absolute atomic E-state index is 0.0178. The Labute approximate surface area is 168 Å². The van der Waals surface area contributed by atoms with Gasteiger partial charge in [-0.15, -0.1) is 0 Å². The van der Waals surface area contributed by atoms with E-state index < -0.39 is 43.3 Å². The van der Waals surface area contributed by atoms with Crippen molar-refractivity contribution in [2.45, 2.75) is 76.7 Å². The summed E-state index contributed by atoms with van der Waals surface area (Å²) in [5.41, 5.74) is -1.89.